The first kappa shape index (κ1) is 21.6. The van der Waals surface area contributed by atoms with Gasteiger partial charge < -0.3 is 10.0 Å². The van der Waals surface area contributed by atoms with Gasteiger partial charge in [-0.25, -0.2) is 8.42 Å². The fourth-order valence-electron chi connectivity index (χ4n) is 4.50. The van der Waals surface area contributed by atoms with Gasteiger partial charge in [0.05, 0.1) is 31.0 Å². The molecule has 2 fully saturated rings. The third kappa shape index (κ3) is 4.24. The zero-order valence-corrected chi connectivity index (χ0v) is 18.3. The highest BCUT2D eigenvalue weighted by atomic mass is 32.2. The minimum Gasteiger partial charge on any atom is -0.394 e. The topological polar surface area (TPSA) is 77.9 Å². The lowest BCUT2D eigenvalue weighted by atomic mass is 9.74. The van der Waals surface area contributed by atoms with Crippen LogP contribution in [0.3, 0.4) is 0 Å². The zero-order valence-electron chi connectivity index (χ0n) is 17.4. The van der Waals surface area contributed by atoms with Crippen LogP contribution in [0.2, 0.25) is 0 Å². The summed E-state index contributed by atoms with van der Waals surface area (Å²) in [6.07, 6.45) is 0.679. The van der Waals surface area contributed by atoms with E-state index in [2.05, 4.69) is 11.8 Å². The average molecular weight is 439 g/mol. The van der Waals surface area contributed by atoms with Crippen LogP contribution in [0, 0.1) is 11.8 Å². The normalized spacial score (nSPS) is 23.5. The molecule has 2 aliphatic heterocycles. The summed E-state index contributed by atoms with van der Waals surface area (Å²) in [6.45, 7) is 1.55. The smallest absolute Gasteiger partial charge is 0.238 e. The van der Waals surface area contributed by atoms with Gasteiger partial charge in [0.1, 0.15) is 0 Å². The van der Waals surface area contributed by atoms with Gasteiger partial charge in [0.25, 0.3) is 0 Å². The van der Waals surface area contributed by atoms with Gasteiger partial charge in [-0.1, -0.05) is 54.3 Å². The van der Waals surface area contributed by atoms with Crippen LogP contribution >= 0.6 is 0 Å². The minimum atomic E-state index is -3.44. The van der Waals surface area contributed by atoms with E-state index in [-0.39, 0.29) is 49.4 Å². The molecule has 0 spiro atoms. The van der Waals surface area contributed by atoms with E-state index in [1.54, 1.807) is 11.8 Å². The molecule has 2 aromatic carbocycles. The molecule has 31 heavy (non-hydrogen) atoms. The predicted octanol–water partition coefficient (Wildman–Crippen LogP) is 1.60. The molecular weight excluding hydrogens is 412 g/mol. The van der Waals surface area contributed by atoms with E-state index >= 15 is 0 Å². The van der Waals surface area contributed by atoms with Crippen molar-refractivity contribution < 1.29 is 18.3 Å². The van der Waals surface area contributed by atoms with Crippen LogP contribution in [0.4, 0.5) is 0 Å². The van der Waals surface area contributed by atoms with E-state index in [1.807, 2.05) is 54.6 Å². The number of carbonyl (C=O) groups is 1. The number of aliphatic hydroxyl groups excluding tert-OH is 1. The molecule has 0 unspecified atom stereocenters. The van der Waals surface area contributed by atoms with Gasteiger partial charge in [0.2, 0.25) is 15.9 Å². The number of nitrogens with zero attached hydrogens (tertiary/aromatic N) is 2. The SMILES string of the molecule is CCS(=O)(=O)N1CC(=O)N2[C@H](CO)[C@@H](c3ccc(C#CCc4ccccc4)cc3)[C@@H]2C1. The molecule has 2 aliphatic rings. The van der Waals surface area contributed by atoms with Crippen LogP contribution in [0.15, 0.2) is 54.6 Å². The first-order valence-electron chi connectivity index (χ1n) is 10.5. The second kappa shape index (κ2) is 8.83. The lowest BCUT2D eigenvalue weighted by molar-refractivity contribution is -0.158. The Morgan fingerprint density at radius 3 is 2.45 bits per heavy atom. The first-order chi connectivity index (χ1) is 14.9. The van der Waals surface area contributed by atoms with Crippen molar-refractivity contribution in [3.8, 4) is 11.8 Å². The predicted molar refractivity (Wildman–Crippen MR) is 119 cm³/mol. The Bertz CT molecular complexity index is 1100. The van der Waals surface area contributed by atoms with Gasteiger partial charge in [-0.05, 0) is 30.2 Å². The van der Waals surface area contributed by atoms with Crippen LogP contribution in [-0.2, 0) is 21.2 Å². The molecule has 7 heteroatoms. The van der Waals surface area contributed by atoms with Crippen LogP contribution in [-0.4, -0.2) is 66.2 Å². The highest BCUT2D eigenvalue weighted by Gasteiger charge is 2.55. The number of piperazine rings is 1. The number of fused-ring (bicyclic) bond motifs is 1. The Balaban J connectivity index is 1.50. The fraction of sp³-hybridized carbons (Fsp3) is 0.375. The van der Waals surface area contributed by atoms with Crippen molar-refractivity contribution in [1.82, 2.24) is 9.21 Å². The maximum atomic E-state index is 12.6. The Morgan fingerprint density at radius 1 is 1.10 bits per heavy atom. The van der Waals surface area contributed by atoms with Crippen LogP contribution in [0.25, 0.3) is 0 Å². The van der Waals surface area contributed by atoms with E-state index in [0.29, 0.717) is 6.42 Å². The summed E-state index contributed by atoms with van der Waals surface area (Å²) in [5, 5.41) is 9.88. The van der Waals surface area contributed by atoms with E-state index < -0.39 is 10.0 Å². The second-order valence-electron chi connectivity index (χ2n) is 7.92. The molecule has 1 N–H and O–H groups in total. The largest absolute Gasteiger partial charge is 0.394 e. The van der Waals surface area contributed by atoms with E-state index in [4.69, 9.17) is 0 Å². The van der Waals surface area contributed by atoms with Crippen LogP contribution in [0.1, 0.15) is 29.5 Å². The fourth-order valence-corrected chi connectivity index (χ4v) is 5.55. The summed E-state index contributed by atoms with van der Waals surface area (Å²) >= 11 is 0. The monoisotopic (exact) mass is 438 g/mol. The van der Waals surface area contributed by atoms with Crippen molar-refractivity contribution in [2.24, 2.45) is 0 Å². The van der Waals surface area contributed by atoms with E-state index in [1.165, 1.54) is 9.87 Å². The van der Waals surface area contributed by atoms with Gasteiger partial charge in [-0.15, -0.1) is 0 Å². The summed E-state index contributed by atoms with van der Waals surface area (Å²) in [6, 6.07) is 17.3. The molecule has 2 saturated heterocycles. The molecule has 1 amide bonds. The van der Waals surface area contributed by atoms with Crippen molar-refractivity contribution >= 4 is 15.9 Å². The average Bonchev–Trinajstić information content (AvgIpc) is 2.77. The molecule has 0 radical (unpaired) electrons. The second-order valence-corrected chi connectivity index (χ2v) is 10.2. The molecule has 0 aromatic heterocycles. The number of hydrogen-bond acceptors (Lipinski definition) is 4. The van der Waals surface area contributed by atoms with Gasteiger partial charge in [-0.2, -0.15) is 4.31 Å². The number of aliphatic hydroxyl groups is 1. The van der Waals surface area contributed by atoms with Crippen molar-refractivity contribution in [3.63, 3.8) is 0 Å². The van der Waals surface area contributed by atoms with Gasteiger partial charge >= 0.3 is 0 Å². The van der Waals surface area contributed by atoms with Crippen LogP contribution in [0.5, 0.6) is 0 Å². The third-order valence-corrected chi connectivity index (χ3v) is 7.94. The van der Waals surface area contributed by atoms with Crippen molar-refractivity contribution in [1.29, 1.82) is 0 Å². The quantitative estimate of drug-likeness (QED) is 0.720. The number of benzene rings is 2. The number of sulfonamides is 1. The van der Waals surface area contributed by atoms with Crippen molar-refractivity contribution in [2.75, 3.05) is 25.4 Å². The Labute approximate surface area is 183 Å². The van der Waals surface area contributed by atoms with Gasteiger partial charge in [0, 0.05) is 24.4 Å². The summed E-state index contributed by atoms with van der Waals surface area (Å²) in [5.74, 6) is 5.97. The van der Waals surface area contributed by atoms with E-state index in [9.17, 15) is 18.3 Å². The first-order valence-corrected chi connectivity index (χ1v) is 12.1. The number of amides is 1. The molecule has 6 nitrogen and oxygen atoms in total. The van der Waals surface area contributed by atoms with Gasteiger partial charge in [0.15, 0.2) is 0 Å². The maximum Gasteiger partial charge on any atom is 0.238 e. The van der Waals surface area contributed by atoms with Crippen LogP contribution < -0.4 is 0 Å². The molecule has 2 heterocycles. The standard InChI is InChI=1S/C24H26N2O4S/c1-2-31(29,30)25-15-21-24(22(17-27)26(21)23(28)16-25)20-13-11-19(12-14-20)10-6-9-18-7-4-3-5-8-18/h3-5,7-8,11-14,21-22,24,27H,2,9,15-17H2,1H3/t21-,22+,24-/m0/s1. The molecule has 0 saturated carbocycles. The molecule has 2 aromatic rings. The number of rotatable bonds is 5. The molecule has 0 aliphatic carbocycles. The molecular formula is C24H26N2O4S. The van der Waals surface area contributed by atoms with Crippen molar-refractivity contribution in [2.45, 2.75) is 31.3 Å². The lowest BCUT2D eigenvalue weighted by Gasteiger charge is -2.58. The van der Waals surface area contributed by atoms with Gasteiger partial charge in [-0.3, -0.25) is 4.79 Å². The maximum absolute atomic E-state index is 12.6. The highest BCUT2D eigenvalue weighted by molar-refractivity contribution is 7.89. The third-order valence-electron chi connectivity index (χ3n) is 6.14. The minimum absolute atomic E-state index is 0.0303. The molecule has 0 bridgehead atoms. The summed E-state index contributed by atoms with van der Waals surface area (Å²) < 4.78 is 25.9. The highest BCUT2D eigenvalue weighted by Crippen LogP contribution is 2.43. The summed E-state index contributed by atoms with van der Waals surface area (Å²) in [4.78, 5) is 14.2. The summed E-state index contributed by atoms with van der Waals surface area (Å²) in [7, 11) is -3.44. The zero-order chi connectivity index (χ0) is 22.0. The summed E-state index contributed by atoms with van der Waals surface area (Å²) in [5.41, 5.74) is 3.05. The lowest BCUT2D eigenvalue weighted by Crippen LogP contribution is -2.73. The Hall–Kier alpha value is -2.66. The number of hydrogen-bond donors (Lipinski definition) is 1. The molecule has 162 valence electrons. The molecule has 3 atom stereocenters. The number of carbonyl (C=O) groups excluding carboxylic acids is 1. The van der Waals surface area contributed by atoms with Crippen molar-refractivity contribution in [3.05, 3.63) is 71.3 Å². The molecule has 4 rings (SSSR count). The van der Waals surface area contributed by atoms with E-state index in [0.717, 1.165) is 11.1 Å². The Morgan fingerprint density at radius 2 is 1.81 bits per heavy atom. The Kier molecular flexibility index (Phi) is 6.15.